The SMILES string of the molecule is CO[C@@H]1CN(C)C(=O)c2ccc(NC(=O)C3CCCCC3)cc2OC[C@@H](C)N(Cc2nccs2)C[C@H]1C. The first-order chi connectivity index (χ1) is 17.9. The normalized spacial score (nSPS) is 24.5. The molecule has 2 heterocycles. The topological polar surface area (TPSA) is 84.0 Å². The molecule has 0 bridgehead atoms. The average molecular weight is 529 g/mol. The van der Waals surface area contributed by atoms with E-state index >= 15 is 0 Å². The fraction of sp³-hybridized carbons (Fsp3) is 0.607. The third kappa shape index (κ3) is 7.09. The third-order valence-electron chi connectivity index (χ3n) is 7.64. The molecular formula is C28H40N4O4S. The number of anilines is 1. The van der Waals surface area contributed by atoms with Gasteiger partial charge in [-0.2, -0.15) is 0 Å². The second kappa shape index (κ2) is 12.8. The zero-order valence-corrected chi connectivity index (χ0v) is 23.3. The number of likely N-dealkylation sites (N-methyl/N-ethyl adjacent to an activating group) is 1. The minimum absolute atomic E-state index is 0.0517. The van der Waals surface area contributed by atoms with Crippen LogP contribution in [0.15, 0.2) is 29.8 Å². The summed E-state index contributed by atoms with van der Waals surface area (Å²) in [6.45, 7) is 6.68. The number of thiazole rings is 1. The molecule has 4 rings (SSSR count). The van der Waals surface area contributed by atoms with Crippen molar-refractivity contribution in [1.29, 1.82) is 0 Å². The highest BCUT2D eigenvalue weighted by molar-refractivity contribution is 7.09. The van der Waals surface area contributed by atoms with Gasteiger partial charge in [0, 0.05) is 62.5 Å². The smallest absolute Gasteiger partial charge is 0.257 e. The van der Waals surface area contributed by atoms with Gasteiger partial charge in [-0.3, -0.25) is 14.5 Å². The number of carbonyl (C=O) groups excluding carboxylic acids is 2. The maximum atomic E-state index is 13.4. The fourth-order valence-electron chi connectivity index (χ4n) is 5.26. The zero-order chi connectivity index (χ0) is 26.4. The Balaban J connectivity index is 1.59. The summed E-state index contributed by atoms with van der Waals surface area (Å²) in [6.07, 6.45) is 6.99. The predicted molar refractivity (Wildman–Crippen MR) is 146 cm³/mol. The molecule has 2 aliphatic rings. The van der Waals surface area contributed by atoms with Gasteiger partial charge < -0.3 is 19.7 Å². The minimum Gasteiger partial charge on any atom is -0.491 e. The molecule has 1 aromatic carbocycles. The van der Waals surface area contributed by atoms with Crippen molar-refractivity contribution in [3.63, 3.8) is 0 Å². The van der Waals surface area contributed by atoms with Gasteiger partial charge in [-0.05, 0) is 37.8 Å². The lowest BCUT2D eigenvalue weighted by molar-refractivity contribution is -0.120. The number of amides is 2. The molecule has 1 fully saturated rings. The zero-order valence-electron chi connectivity index (χ0n) is 22.4. The second-order valence-corrected chi connectivity index (χ2v) is 11.5. The maximum Gasteiger partial charge on any atom is 0.257 e. The molecule has 0 unspecified atom stereocenters. The number of fused-ring (bicyclic) bond motifs is 1. The van der Waals surface area contributed by atoms with Crippen LogP contribution in [0.3, 0.4) is 0 Å². The molecule has 1 aromatic heterocycles. The molecular weight excluding hydrogens is 488 g/mol. The van der Waals surface area contributed by atoms with Crippen LogP contribution < -0.4 is 10.1 Å². The van der Waals surface area contributed by atoms with Gasteiger partial charge in [0.2, 0.25) is 5.91 Å². The van der Waals surface area contributed by atoms with Crippen molar-refractivity contribution in [2.45, 2.75) is 64.6 Å². The number of nitrogens with zero attached hydrogens (tertiary/aromatic N) is 3. The van der Waals surface area contributed by atoms with Crippen LogP contribution in [0.25, 0.3) is 0 Å². The van der Waals surface area contributed by atoms with Crippen LogP contribution in [-0.4, -0.2) is 72.6 Å². The molecule has 3 atom stereocenters. The number of carbonyl (C=O) groups is 2. The molecule has 0 spiro atoms. The van der Waals surface area contributed by atoms with Crippen LogP contribution >= 0.6 is 11.3 Å². The highest BCUT2D eigenvalue weighted by Crippen LogP contribution is 2.29. The lowest BCUT2D eigenvalue weighted by Gasteiger charge is -2.35. The average Bonchev–Trinajstić information content (AvgIpc) is 3.42. The van der Waals surface area contributed by atoms with Crippen LogP contribution in [0.2, 0.25) is 0 Å². The van der Waals surface area contributed by atoms with Crippen molar-refractivity contribution in [3.05, 3.63) is 40.3 Å². The Bertz CT molecular complexity index is 1040. The Hall–Kier alpha value is -2.49. The molecule has 9 heteroatoms. The van der Waals surface area contributed by atoms with Crippen LogP contribution in [0.5, 0.6) is 5.75 Å². The standard InChI is InChI=1S/C28H40N4O4S/c1-19-15-32(17-26-29-12-13-37-26)20(2)18-36-24-14-22(30-27(33)21-8-6-5-7-9-21)10-11-23(24)28(34)31(3)16-25(19)35-4/h10-14,19-21,25H,5-9,15-18H2,1-4H3,(H,30,33)/t19-,20-,25-/m1/s1. The van der Waals surface area contributed by atoms with Gasteiger partial charge in [0.1, 0.15) is 17.4 Å². The van der Waals surface area contributed by atoms with Crippen molar-refractivity contribution in [2.24, 2.45) is 11.8 Å². The number of ether oxygens (including phenoxy) is 2. The van der Waals surface area contributed by atoms with E-state index in [4.69, 9.17) is 9.47 Å². The first-order valence-corrected chi connectivity index (χ1v) is 14.2. The minimum atomic E-state index is -0.123. The lowest BCUT2D eigenvalue weighted by atomic mass is 9.88. The van der Waals surface area contributed by atoms with Crippen molar-refractivity contribution < 1.29 is 19.1 Å². The van der Waals surface area contributed by atoms with E-state index < -0.39 is 0 Å². The Morgan fingerprint density at radius 3 is 2.70 bits per heavy atom. The fourth-order valence-corrected chi connectivity index (χ4v) is 5.90. The molecule has 1 aliphatic heterocycles. The number of hydrogen-bond donors (Lipinski definition) is 1. The lowest BCUT2D eigenvalue weighted by Crippen LogP contribution is -2.46. The van der Waals surface area contributed by atoms with Gasteiger partial charge in [0.05, 0.1) is 18.2 Å². The first-order valence-electron chi connectivity index (χ1n) is 13.3. The number of methoxy groups -OCH3 is 1. The molecule has 1 saturated carbocycles. The number of rotatable bonds is 5. The number of benzene rings is 1. The summed E-state index contributed by atoms with van der Waals surface area (Å²) in [4.78, 5) is 34.8. The van der Waals surface area contributed by atoms with Crippen LogP contribution in [0.1, 0.15) is 61.3 Å². The molecule has 0 saturated heterocycles. The van der Waals surface area contributed by atoms with E-state index in [0.29, 0.717) is 30.2 Å². The monoisotopic (exact) mass is 528 g/mol. The van der Waals surface area contributed by atoms with Gasteiger partial charge >= 0.3 is 0 Å². The molecule has 2 aromatic rings. The highest BCUT2D eigenvalue weighted by atomic mass is 32.1. The summed E-state index contributed by atoms with van der Waals surface area (Å²) in [5.74, 6) is 0.662. The van der Waals surface area contributed by atoms with E-state index in [1.54, 1.807) is 48.6 Å². The van der Waals surface area contributed by atoms with Gasteiger partial charge in [0.25, 0.3) is 5.91 Å². The predicted octanol–water partition coefficient (Wildman–Crippen LogP) is 4.67. The Morgan fingerprint density at radius 2 is 2.00 bits per heavy atom. The van der Waals surface area contributed by atoms with Crippen molar-refractivity contribution >= 4 is 28.8 Å². The summed E-state index contributed by atoms with van der Waals surface area (Å²) in [5.41, 5.74) is 1.15. The number of hydrogen-bond acceptors (Lipinski definition) is 7. The molecule has 0 radical (unpaired) electrons. The van der Waals surface area contributed by atoms with Crippen LogP contribution in [0, 0.1) is 11.8 Å². The van der Waals surface area contributed by atoms with Crippen LogP contribution in [-0.2, 0) is 16.1 Å². The summed E-state index contributed by atoms with van der Waals surface area (Å²) >= 11 is 1.65. The highest BCUT2D eigenvalue weighted by Gasteiger charge is 2.29. The molecule has 37 heavy (non-hydrogen) atoms. The second-order valence-electron chi connectivity index (χ2n) is 10.5. The van der Waals surface area contributed by atoms with Gasteiger partial charge in [-0.25, -0.2) is 4.98 Å². The van der Waals surface area contributed by atoms with E-state index in [1.165, 1.54) is 6.42 Å². The molecule has 202 valence electrons. The maximum absolute atomic E-state index is 13.4. The first kappa shape index (κ1) is 27.5. The van der Waals surface area contributed by atoms with Gasteiger partial charge in [-0.15, -0.1) is 11.3 Å². The van der Waals surface area contributed by atoms with Crippen molar-refractivity contribution in [1.82, 2.24) is 14.8 Å². The Morgan fingerprint density at radius 1 is 1.22 bits per heavy atom. The van der Waals surface area contributed by atoms with E-state index in [0.717, 1.165) is 43.8 Å². The molecule has 1 aliphatic carbocycles. The summed E-state index contributed by atoms with van der Waals surface area (Å²) in [6, 6.07) is 5.43. The van der Waals surface area contributed by atoms with Crippen molar-refractivity contribution in [2.75, 3.05) is 39.2 Å². The van der Waals surface area contributed by atoms with E-state index in [9.17, 15) is 9.59 Å². The summed E-state index contributed by atoms with van der Waals surface area (Å²) < 4.78 is 12.1. The van der Waals surface area contributed by atoms with E-state index in [-0.39, 0.29) is 35.8 Å². The van der Waals surface area contributed by atoms with Crippen LogP contribution in [0.4, 0.5) is 5.69 Å². The summed E-state index contributed by atoms with van der Waals surface area (Å²) in [5, 5.41) is 6.12. The summed E-state index contributed by atoms with van der Waals surface area (Å²) in [7, 11) is 3.50. The molecule has 8 nitrogen and oxygen atoms in total. The van der Waals surface area contributed by atoms with Gasteiger partial charge in [0.15, 0.2) is 0 Å². The quantitative estimate of drug-likeness (QED) is 0.607. The number of aromatic nitrogens is 1. The number of nitrogens with one attached hydrogen (secondary N) is 1. The Kier molecular flexibility index (Phi) is 9.56. The van der Waals surface area contributed by atoms with Gasteiger partial charge in [-0.1, -0.05) is 26.2 Å². The van der Waals surface area contributed by atoms with Crippen molar-refractivity contribution in [3.8, 4) is 5.75 Å². The van der Waals surface area contributed by atoms with E-state index in [2.05, 4.69) is 29.0 Å². The largest absolute Gasteiger partial charge is 0.491 e. The Labute approximate surface area is 224 Å². The van der Waals surface area contributed by atoms with E-state index in [1.807, 2.05) is 11.6 Å². The third-order valence-corrected chi connectivity index (χ3v) is 8.41. The molecule has 1 N–H and O–H groups in total. The molecule has 2 amide bonds.